The molecule has 0 aromatic carbocycles. The lowest BCUT2D eigenvalue weighted by Gasteiger charge is -2.40. The number of ether oxygens (including phenoxy) is 1. The van der Waals surface area contributed by atoms with Crippen LogP contribution in [0.5, 0.6) is 0 Å². The van der Waals surface area contributed by atoms with Crippen molar-refractivity contribution in [2.75, 3.05) is 26.2 Å². The number of piperazine rings is 1. The number of rotatable bonds is 1. The van der Waals surface area contributed by atoms with E-state index in [1.165, 1.54) is 0 Å². The number of amides is 3. The van der Waals surface area contributed by atoms with Crippen molar-refractivity contribution in [3.05, 3.63) is 0 Å². The van der Waals surface area contributed by atoms with Gasteiger partial charge in [0.1, 0.15) is 5.60 Å². The number of hydrogen-bond donors (Lipinski definition) is 1. The molecule has 1 atom stereocenters. The van der Waals surface area contributed by atoms with Crippen molar-refractivity contribution >= 4 is 12.1 Å². The molecule has 1 aliphatic rings. The summed E-state index contributed by atoms with van der Waals surface area (Å²) >= 11 is 0. The second-order valence-electron chi connectivity index (χ2n) is 5.80. The molecule has 110 valence electrons. The van der Waals surface area contributed by atoms with Crippen molar-refractivity contribution in [3.8, 4) is 0 Å². The summed E-state index contributed by atoms with van der Waals surface area (Å²) in [5, 5.41) is 2.78. The number of urea groups is 1. The Morgan fingerprint density at radius 1 is 1.32 bits per heavy atom. The Balaban J connectivity index is 2.54. The van der Waals surface area contributed by atoms with Gasteiger partial charge in [0.15, 0.2) is 0 Å². The normalized spacial score (nSPS) is 20.2. The van der Waals surface area contributed by atoms with Gasteiger partial charge in [-0.05, 0) is 34.6 Å². The van der Waals surface area contributed by atoms with Crippen LogP contribution in [0.4, 0.5) is 9.59 Å². The maximum absolute atomic E-state index is 11.9. The fourth-order valence-corrected chi connectivity index (χ4v) is 2.00. The molecule has 0 unspecified atom stereocenters. The molecular formula is C13H25N3O3. The van der Waals surface area contributed by atoms with Crippen LogP contribution in [0, 0.1) is 0 Å². The van der Waals surface area contributed by atoms with Crippen LogP contribution >= 0.6 is 0 Å². The van der Waals surface area contributed by atoms with E-state index in [0.717, 1.165) is 0 Å². The van der Waals surface area contributed by atoms with Gasteiger partial charge >= 0.3 is 12.1 Å². The Morgan fingerprint density at radius 2 is 1.95 bits per heavy atom. The first kappa shape index (κ1) is 15.6. The smallest absolute Gasteiger partial charge is 0.410 e. The van der Waals surface area contributed by atoms with Gasteiger partial charge in [-0.25, -0.2) is 9.59 Å². The van der Waals surface area contributed by atoms with E-state index in [2.05, 4.69) is 5.32 Å². The molecule has 0 radical (unpaired) electrons. The third kappa shape index (κ3) is 4.61. The molecule has 1 saturated heterocycles. The monoisotopic (exact) mass is 271 g/mol. The van der Waals surface area contributed by atoms with Crippen molar-refractivity contribution in [1.29, 1.82) is 0 Å². The Kier molecular flexibility index (Phi) is 5.03. The third-order valence-corrected chi connectivity index (χ3v) is 2.87. The zero-order valence-corrected chi connectivity index (χ0v) is 12.5. The molecule has 1 N–H and O–H groups in total. The third-order valence-electron chi connectivity index (χ3n) is 2.87. The zero-order chi connectivity index (χ0) is 14.6. The van der Waals surface area contributed by atoms with Gasteiger partial charge in [-0.15, -0.1) is 0 Å². The van der Waals surface area contributed by atoms with Gasteiger partial charge in [0, 0.05) is 32.2 Å². The predicted octanol–water partition coefficient (Wildman–Crippen LogP) is 1.66. The van der Waals surface area contributed by atoms with Crippen LogP contribution in [-0.4, -0.2) is 59.7 Å². The first-order valence-electron chi connectivity index (χ1n) is 6.77. The van der Waals surface area contributed by atoms with Crippen LogP contribution in [0.25, 0.3) is 0 Å². The van der Waals surface area contributed by atoms with Gasteiger partial charge in [0.2, 0.25) is 0 Å². The lowest BCUT2D eigenvalue weighted by Crippen LogP contribution is -2.58. The number of nitrogens with one attached hydrogen (secondary N) is 1. The number of hydrogen-bond acceptors (Lipinski definition) is 3. The van der Waals surface area contributed by atoms with Gasteiger partial charge in [-0.2, -0.15) is 0 Å². The maximum atomic E-state index is 11.9. The molecule has 1 rings (SSSR count). The minimum absolute atomic E-state index is 0.00665. The lowest BCUT2D eigenvalue weighted by molar-refractivity contribution is 0.0105. The maximum Gasteiger partial charge on any atom is 0.410 e. The molecule has 6 nitrogen and oxygen atoms in total. The predicted molar refractivity (Wildman–Crippen MR) is 73.0 cm³/mol. The quantitative estimate of drug-likeness (QED) is 0.789. The van der Waals surface area contributed by atoms with Crippen molar-refractivity contribution < 1.29 is 14.3 Å². The van der Waals surface area contributed by atoms with Crippen LogP contribution < -0.4 is 5.32 Å². The molecule has 0 aliphatic carbocycles. The summed E-state index contributed by atoms with van der Waals surface area (Å²) < 4.78 is 5.34. The highest BCUT2D eigenvalue weighted by molar-refractivity contribution is 5.75. The molecule has 0 spiro atoms. The van der Waals surface area contributed by atoms with Crippen molar-refractivity contribution in [2.24, 2.45) is 0 Å². The van der Waals surface area contributed by atoms with Crippen molar-refractivity contribution in [3.63, 3.8) is 0 Å². The molecule has 1 heterocycles. The van der Waals surface area contributed by atoms with Crippen LogP contribution in [0.1, 0.15) is 34.6 Å². The summed E-state index contributed by atoms with van der Waals surface area (Å²) in [6.45, 7) is 11.5. The van der Waals surface area contributed by atoms with E-state index < -0.39 is 5.60 Å². The molecule has 1 aliphatic heterocycles. The van der Waals surface area contributed by atoms with E-state index in [1.807, 2.05) is 34.6 Å². The Bertz CT molecular complexity index is 339. The minimum atomic E-state index is -0.489. The average molecular weight is 271 g/mol. The number of carbonyl (C=O) groups is 2. The van der Waals surface area contributed by atoms with Crippen LogP contribution in [-0.2, 0) is 4.74 Å². The van der Waals surface area contributed by atoms with E-state index in [0.29, 0.717) is 26.2 Å². The van der Waals surface area contributed by atoms with E-state index >= 15 is 0 Å². The van der Waals surface area contributed by atoms with Crippen molar-refractivity contribution in [2.45, 2.75) is 46.3 Å². The number of carbonyl (C=O) groups excluding carboxylic acids is 2. The SMILES string of the molecule is CCNC(=O)N1CCN(C(=O)OC(C)(C)C)C[C@@H]1C. The van der Waals surface area contributed by atoms with Gasteiger partial charge in [0.25, 0.3) is 0 Å². The second kappa shape index (κ2) is 6.12. The highest BCUT2D eigenvalue weighted by atomic mass is 16.6. The Labute approximate surface area is 115 Å². The summed E-state index contributed by atoms with van der Waals surface area (Å²) in [7, 11) is 0. The molecule has 0 aromatic heterocycles. The Morgan fingerprint density at radius 3 is 2.42 bits per heavy atom. The fourth-order valence-electron chi connectivity index (χ4n) is 2.00. The standard InChI is InChI=1S/C13H25N3O3/c1-6-14-11(17)16-8-7-15(9-10(16)2)12(18)19-13(3,4)5/h10H,6-9H2,1-5H3,(H,14,17)/t10-/m0/s1. The topological polar surface area (TPSA) is 61.9 Å². The van der Waals surface area contributed by atoms with Gasteiger partial charge in [0.05, 0.1) is 0 Å². The molecule has 0 bridgehead atoms. The highest BCUT2D eigenvalue weighted by Gasteiger charge is 2.31. The van der Waals surface area contributed by atoms with E-state index in [-0.39, 0.29) is 18.2 Å². The lowest BCUT2D eigenvalue weighted by atomic mass is 10.2. The zero-order valence-electron chi connectivity index (χ0n) is 12.5. The summed E-state index contributed by atoms with van der Waals surface area (Å²) in [6, 6.07) is -0.0772. The first-order chi connectivity index (χ1) is 8.74. The average Bonchev–Trinajstić information content (AvgIpc) is 2.26. The molecule has 0 aromatic rings. The van der Waals surface area contributed by atoms with Gasteiger partial charge in [-0.3, -0.25) is 0 Å². The second-order valence-corrected chi connectivity index (χ2v) is 5.80. The summed E-state index contributed by atoms with van der Waals surface area (Å²) in [5.74, 6) is 0. The minimum Gasteiger partial charge on any atom is -0.444 e. The van der Waals surface area contributed by atoms with Crippen LogP contribution in [0.3, 0.4) is 0 Å². The van der Waals surface area contributed by atoms with Crippen molar-refractivity contribution in [1.82, 2.24) is 15.1 Å². The van der Waals surface area contributed by atoms with E-state index in [9.17, 15) is 9.59 Å². The molecule has 0 saturated carbocycles. The first-order valence-corrected chi connectivity index (χ1v) is 6.77. The van der Waals surface area contributed by atoms with E-state index in [1.54, 1.807) is 9.80 Å². The number of nitrogens with zero attached hydrogens (tertiary/aromatic N) is 2. The molecule has 1 fully saturated rings. The molecular weight excluding hydrogens is 246 g/mol. The van der Waals surface area contributed by atoms with Gasteiger partial charge in [-0.1, -0.05) is 0 Å². The Hall–Kier alpha value is -1.46. The summed E-state index contributed by atoms with van der Waals surface area (Å²) in [4.78, 5) is 27.2. The fraction of sp³-hybridized carbons (Fsp3) is 0.846. The molecule has 19 heavy (non-hydrogen) atoms. The molecule has 3 amide bonds. The largest absolute Gasteiger partial charge is 0.444 e. The summed E-state index contributed by atoms with van der Waals surface area (Å²) in [5.41, 5.74) is -0.489. The summed E-state index contributed by atoms with van der Waals surface area (Å²) in [6.07, 6.45) is -0.310. The van der Waals surface area contributed by atoms with Crippen LogP contribution in [0.2, 0.25) is 0 Å². The highest BCUT2D eigenvalue weighted by Crippen LogP contribution is 2.14. The molecule has 6 heteroatoms. The van der Waals surface area contributed by atoms with Gasteiger partial charge < -0.3 is 19.9 Å². The van der Waals surface area contributed by atoms with E-state index in [4.69, 9.17) is 4.74 Å². The van der Waals surface area contributed by atoms with Crippen LogP contribution in [0.15, 0.2) is 0 Å².